The lowest BCUT2D eigenvalue weighted by molar-refractivity contribution is 0.0457. The quantitative estimate of drug-likeness (QED) is 0.856. The third kappa shape index (κ3) is 3.06. The third-order valence-corrected chi connectivity index (χ3v) is 5.11. The molecule has 22 heavy (non-hydrogen) atoms. The summed E-state index contributed by atoms with van der Waals surface area (Å²) in [5, 5.41) is 1.34. The van der Waals surface area contributed by atoms with Crippen LogP contribution in [0.4, 0.5) is 0 Å². The molecule has 1 aliphatic rings. The van der Waals surface area contributed by atoms with E-state index in [1.165, 1.54) is 42.5 Å². The lowest BCUT2D eigenvalue weighted by Crippen LogP contribution is -2.54. The Hall–Kier alpha value is -1.32. The van der Waals surface area contributed by atoms with E-state index in [4.69, 9.17) is 0 Å². The van der Waals surface area contributed by atoms with Gasteiger partial charge < -0.3 is 4.57 Å². The molecular formula is C19H29N3. The summed E-state index contributed by atoms with van der Waals surface area (Å²) in [6, 6.07) is 10.4. The number of benzene rings is 1. The highest BCUT2D eigenvalue weighted by Gasteiger charge is 2.27. The summed E-state index contributed by atoms with van der Waals surface area (Å²) in [4.78, 5) is 5.29. The summed E-state index contributed by atoms with van der Waals surface area (Å²) < 4.78 is 2.21. The number of fused-ring (bicyclic) bond motifs is 1. The molecule has 1 fully saturated rings. The fourth-order valence-electron chi connectivity index (χ4n) is 3.79. The van der Waals surface area contributed by atoms with Gasteiger partial charge in [-0.3, -0.25) is 9.80 Å². The van der Waals surface area contributed by atoms with E-state index in [1.54, 1.807) is 0 Å². The zero-order valence-corrected chi connectivity index (χ0v) is 14.4. The molecule has 0 unspecified atom stereocenters. The molecule has 2 heterocycles. The zero-order valence-electron chi connectivity index (χ0n) is 14.4. The van der Waals surface area contributed by atoms with E-state index in [0.29, 0.717) is 12.1 Å². The van der Waals surface area contributed by atoms with Crippen molar-refractivity contribution in [1.29, 1.82) is 0 Å². The van der Waals surface area contributed by atoms with Gasteiger partial charge in [-0.2, -0.15) is 0 Å². The molecule has 0 aliphatic carbocycles. The highest BCUT2D eigenvalue weighted by atomic mass is 15.3. The van der Waals surface area contributed by atoms with Crippen LogP contribution in [0.3, 0.4) is 0 Å². The van der Waals surface area contributed by atoms with E-state index in [1.807, 2.05) is 0 Å². The van der Waals surface area contributed by atoms with Crippen LogP contribution < -0.4 is 0 Å². The van der Waals surface area contributed by atoms with E-state index in [2.05, 4.69) is 72.6 Å². The first-order valence-electron chi connectivity index (χ1n) is 8.60. The van der Waals surface area contributed by atoms with E-state index < -0.39 is 0 Å². The summed E-state index contributed by atoms with van der Waals surface area (Å²) in [6.07, 6.45) is 3.38. The predicted octanol–water partition coefficient (Wildman–Crippen LogP) is 3.48. The van der Waals surface area contributed by atoms with Crippen LogP contribution in [0.15, 0.2) is 30.5 Å². The van der Waals surface area contributed by atoms with Crippen molar-refractivity contribution >= 4 is 10.9 Å². The number of piperazine rings is 1. The molecule has 0 bridgehead atoms. The van der Waals surface area contributed by atoms with Gasteiger partial charge in [-0.15, -0.1) is 0 Å². The van der Waals surface area contributed by atoms with Crippen LogP contribution in [0.5, 0.6) is 0 Å². The summed E-state index contributed by atoms with van der Waals surface area (Å²) in [7, 11) is 2.13. The van der Waals surface area contributed by atoms with Crippen molar-refractivity contribution in [3.63, 3.8) is 0 Å². The first-order chi connectivity index (χ1) is 10.6. The third-order valence-electron chi connectivity index (χ3n) is 5.11. The second-order valence-corrected chi connectivity index (χ2v) is 6.95. The molecule has 0 radical (unpaired) electrons. The maximum absolute atomic E-state index is 2.66. The van der Waals surface area contributed by atoms with Crippen molar-refractivity contribution in [1.82, 2.24) is 14.4 Å². The van der Waals surface area contributed by atoms with Crippen molar-refractivity contribution in [3.05, 3.63) is 36.0 Å². The number of aryl methyl sites for hydroxylation is 1. The maximum Gasteiger partial charge on any atom is 0.0480 e. The van der Waals surface area contributed by atoms with Gasteiger partial charge in [0, 0.05) is 57.0 Å². The molecular weight excluding hydrogens is 270 g/mol. The van der Waals surface area contributed by atoms with Gasteiger partial charge in [0.25, 0.3) is 0 Å². The monoisotopic (exact) mass is 299 g/mol. The first-order valence-corrected chi connectivity index (χ1v) is 8.60. The number of aromatic nitrogens is 1. The van der Waals surface area contributed by atoms with Gasteiger partial charge in [-0.1, -0.05) is 19.1 Å². The average molecular weight is 299 g/mol. The average Bonchev–Trinajstić information content (AvgIpc) is 2.88. The molecule has 1 aliphatic heterocycles. The molecule has 1 saturated heterocycles. The number of nitrogens with zero attached hydrogens (tertiary/aromatic N) is 3. The molecule has 120 valence electrons. The molecule has 0 amide bonds. The highest BCUT2D eigenvalue weighted by molar-refractivity contribution is 5.80. The molecule has 3 rings (SSSR count). The number of rotatable bonds is 4. The van der Waals surface area contributed by atoms with Gasteiger partial charge in [0.1, 0.15) is 0 Å². The van der Waals surface area contributed by atoms with Gasteiger partial charge in [0.15, 0.2) is 0 Å². The Balaban J connectivity index is 1.71. The smallest absolute Gasteiger partial charge is 0.0480 e. The second kappa shape index (κ2) is 6.43. The topological polar surface area (TPSA) is 11.4 Å². The second-order valence-electron chi connectivity index (χ2n) is 6.95. The van der Waals surface area contributed by atoms with Crippen LogP contribution >= 0.6 is 0 Å². The van der Waals surface area contributed by atoms with Crippen molar-refractivity contribution in [2.45, 2.75) is 45.8 Å². The summed E-state index contributed by atoms with van der Waals surface area (Å²) >= 11 is 0. The van der Waals surface area contributed by atoms with Gasteiger partial charge in [0.05, 0.1) is 0 Å². The van der Waals surface area contributed by atoms with E-state index in [9.17, 15) is 0 Å². The molecule has 0 spiro atoms. The maximum atomic E-state index is 2.66. The Labute approximate surface area is 134 Å². The molecule has 0 saturated carbocycles. The summed E-state index contributed by atoms with van der Waals surface area (Å²) in [5.74, 6) is 0. The van der Waals surface area contributed by atoms with Gasteiger partial charge in [0.2, 0.25) is 0 Å². The standard InChI is InChI=1S/C19H29N3/c1-5-18-14-21(10-11-22(18)15(2)3)13-16-6-7-17-8-9-20(4)19(17)12-16/h6-9,12,15,18H,5,10-11,13-14H2,1-4H3/t18-/m1/s1. The Morgan fingerprint density at radius 1 is 1.18 bits per heavy atom. The van der Waals surface area contributed by atoms with Gasteiger partial charge in [-0.25, -0.2) is 0 Å². The van der Waals surface area contributed by atoms with Crippen molar-refractivity contribution < 1.29 is 0 Å². The molecule has 3 nitrogen and oxygen atoms in total. The Kier molecular flexibility index (Phi) is 4.55. The predicted molar refractivity (Wildman–Crippen MR) is 94.1 cm³/mol. The molecule has 2 aromatic rings. The van der Waals surface area contributed by atoms with Crippen LogP contribution in [-0.4, -0.2) is 46.1 Å². The first kappa shape index (κ1) is 15.6. The summed E-state index contributed by atoms with van der Waals surface area (Å²) in [6.45, 7) is 11.6. The minimum absolute atomic E-state index is 0.659. The Bertz CT molecular complexity index is 629. The molecule has 0 N–H and O–H groups in total. The van der Waals surface area contributed by atoms with Crippen LogP contribution in [0.25, 0.3) is 10.9 Å². The fourth-order valence-corrected chi connectivity index (χ4v) is 3.79. The van der Waals surface area contributed by atoms with E-state index in [-0.39, 0.29) is 0 Å². The molecule has 3 heteroatoms. The Morgan fingerprint density at radius 3 is 2.73 bits per heavy atom. The normalized spacial score (nSPS) is 21.0. The van der Waals surface area contributed by atoms with Crippen molar-refractivity contribution in [2.75, 3.05) is 19.6 Å². The van der Waals surface area contributed by atoms with Crippen molar-refractivity contribution in [2.24, 2.45) is 7.05 Å². The van der Waals surface area contributed by atoms with Gasteiger partial charge >= 0.3 is 0 Å². The lowest BCUT2D eigenvalue weighted by Gasteiger charge is -2.43. The molecule has 1 aromatic heterocycles. The van der Waals surface area contributed by atoms with Crippen LogP contribution in [0.1, 0.15) is 32.8 Å². The number of hydrogen-bond donors (Lipinski definition) is 0. The van der Waals surface area contributed by atoms with Crippen LogP contribution in [0, 0.1) is 0 Å². The van der Waals surface area contributed by atoms with Gasteiger partial charge in [-0.05, 0) is 43.4 Å². The highest BCUT2D eigenvalue weighted by Crippen LogP contribution is 2.21. The minimum Gasteiger partial charge on any atom is -0.351 e. The summed E-state index contributed by atoms with van der Waals surface area (Å²) in [5.41, 5.74) is 2.77. The van der Waals surface area contributed by atoms with E-state index >= 15 is 0 Å². The fraction of sp³-hybridized carbons (Fsp3) is 0.579. The van der Waals surface area contributed by atoms with Crippen LogP contribution in [-0.2, 0) is 13.6 Å². The molecule has 1 atom stereocenters. The van der Waals surface area contributed by atoms with Crippen LogP contribution in [0.2, 0.25) is 0 Å². The van der Waals surface area contributed by atoms with Crippen molar-refractivity contribution in [3.8, 4) is 0 Å². The molecule has 1 aromatic carbocycles. The van der Waals surface area contributed by atoms with E-state index in [0.717, 1.165) is 6.54 Å². The minimum atomic E-state index is 0.659. The SMILES string of the molecule is CC[C@@H]1CN(Cc2ccc3ccn(C)c3c2)CCN1C(C)C. The number of hydrogen-bond acceptors (Lipinski definition) is 2. The lowest BCUT2D eigenvalue weighted by atomic mass is 10.1. The zero-order chi connectivity index (χ0) is 15.7. The Morgan fingerprint density at radius 2 is 2.00 bits per heavy atom. The largest absolute Gasteiger partial charge is 0.351 e.